The average molecular weight is 467 g/mol. The summed E-state index contributed by atoms with van der Waals surface area (Å²) in [6.45, 7) is 0.292. The summed E-state index contributed by atoms with van der Waals surface area (Å²) in [5.74, 6) is -0.757. The highest BCUT2D eigenvalue weighted by Gasteiger charge is 2.25. The van der Waals surface area contributed by atoms with Crippen LogP contribution in [0.4, 0.5) is 5.69 Å². The molecular weight excluding hydrogens is 452 g/mol. The molecule has 0 radical (unpaired) electrons. The van der Waals surface area contributed by atoms with E-state index >= 15 is 0 Å². The Labute approximate surface area is 178 Å². The van der Waals surface area contributed by atoms with Crippen LogP contribution in [0.15, 0.2) is 70.5 Å². The van der Waals surface area contributed by atoms with Crippen LogP contribution in [0, 0.1) is 10.1 Å². The van der Waals surface area contributed by atoms with E-state index in [-0.39, 0.29) is 11.4 Å². The van der Waals surface area contributed by atoms with Crippen LogP contribution in [-0.2, 0) is 6.54 Å². The summed E-state index contributed by atoms with van der Waals surface area (Å²) in [4.78, 5) is 26.3. The van der Waals surface area contributed by atoms with E-state index in [1.54, 1.807) is 6.20 Å². The predicted molar refractivity (Wildman–Crippen MR) is 115 cm³/mol. The second-order valence-electron chi connectivity index (χ2n) is 6.43. The third-order valence-corrected chi connectivity index (χ3v) is 4.93. The molecule has 10 heteroatoms. The molecule has 0 unspecified atom stereocenters. The van der Waals surface area contributed by atoms with Gasteiger partial charge in [0.2, 0.25) is 5.69 Å². The van der Waals surface area contributed by atoms with Crippen LogP contribution in [0.3, 0.4) is 0 Å². The van der Waals surface area contributed by atoms with Crippen molar-refractivity contribution in [2.75, 3.05) is 0 Å². The fourth-order valence-electron chi connectivity index (χ4n) is 2.98. The van der Waals surface area contributed by atoms with Gasteiger partial charge in [-0.15, -0.1) is 0 Å². The zero-order valence-electron chi connectivity index (χ0n) is 15.4. The molecule has 2 aromatic heterocycles. The van der Waals surface area contributed by atoms with Crippen molar-refractivity contribution in [3.05, 3.63) is 92.3 Å². The standard InChI is InChI=1S/C20H15BrN6O3/c21-15-7-5-13(6-8-15)11-26-12-18(27(29)30)19(25-26)20(28)24-23-10-14-9-22-17-4-2-1-3-16(14)17/h1-10,12,22H,11H2,(H,24,28)/b23-10+. The first-order chi connectivity index (χ1) is 14.5. The van der Waals surface area contributed by atoms with Crippen molar-refractivity contribution in [1.29, 1.82) is 0 Å². The van der Waals surface area contributed by atoms with E-state index in [1.165, 1.54) is 17.1 Å². The van der Waals surface area contributed by atoms with Gasteiger partial charge in [0.05, 0.1) is 17.7 Å². The molecule has 0 atom stereocenters. The van der Waals surface area contributed by atoms with Crippen molar-refractivity contribution in [2.24, 2.45) is 5.10 Å². The van der Waals surface area contributed by atoms with E-state index < -0.39 is 10.8 Å². The number of aromatic nitrogens is 3. The third kappa shape index (κ3) is 4.13. The molecule has 9 nitrogen and oxygen atoms in total. The number of hydrogen-bond donors (Lipinski definition) is 2. The molecule has 1 amide bonds. The lowest BCUT2D eigenvalue weighted by Crippen LogP contribution is -2.19. The summed E-state index contributed by atoms with van der Waals surface area (Å²) in [6.07, 6.45) is 4.47. The van der Waals surface area contributed by atoms with Crippen LogP contribution < -0.4 is 5.43 Å². The highest BCUT2D eigenvalue weighted by Crippen LogP contribution is 2.19. The second-order valence-corrected chi connectivity index (χ2v) is 7.35. The Bertz CT molecular complexity index is 1260. The maximum Gasteiger partial charge on any atom is 0.320 e. The van der Waals surface area contributed by atoms with Gasteiger partial charge in [0.15, 0.2) is 0 Å². The van der Waals surface area contributed by atoms with Crippen LogP contribution in [0.25, 0.3) is 10.9 Å². The Balaban J connectivity index is 1.51. The molecule has 0 aliphatic heterocycles. The van der Waals surface area contributed by atoms with Gasteiger partial charge < -0.3 is 4.98 Å². The van der Waals surface area contributed by atoms with Crippen molar-refractivity contribution >= 4 is 44.6 Å². The van der Waals surface area contributed by atoms with Crippen molar-refractivity contribution in [3.8, 4) is 0 Å². The van der Waals surface area contributed by atoms with E-state index in [9.17, 15) is 14.9 Å². The van der Waals surface area contributed by atoms with E-state index in [2.05, 4.69) is 36.5 Å². The normalized spacial score (nSPS) is 11.2. The predicted octanol–water partition coefficient (Wildman–Crippen LogP) is 3.85. The molecule has 4 aromatic rings. The monoisotopic (exact) mass is 466 g/mol. The van der Waals surface area contributed by atoms with Gasteiger partial charge in [0, 0.05) is 27.1 Å². The summed E-state index contributed by atoms with van der Waals surface area (Å²) in [6, 6.07) is 15.1. The lowest BCUT2D eigenvalue weighted by atomic mass is 10.2. The third-order valence-electron chi connectivity index (χ3n) is 4.40. The molecule has 0 saturated carbocycles. The van der Waals surface area contributed by atoms with Crippen molar-refractivity contribution < 1.29 is 9.72 Å². The maximum atomic E-state index is 12.5. The fourth-order valence-corrected chi connectivity index (χ4v) is 3.24. The van der Waals surface area contributed by atoms with Gasteiger partial charge in [0.25, 0.3) is 5.91 Å². The molecular formula is C20H15BrN6O3. The molecule has 2 heterocycles. The number of nitrogens with one attached hydrogen (secondary N) is 2. The zero-order chi connectivity index (χ0) is 21.1. The first kappa shape index (κ1) is 19.5. The highest BCUT2D eigenvalue weighted by atomic mass is 79.9. The zero-order valence-corrected chi connectivity index (χ0v) is 17.0. The molecule has 150 valence electrons. The van der Waals surface area contributed by atoms with Gasteiger partial charge in [-0.2, -0.15) is 10.2 Å². The number of amides is 1. The molecule has 2 aromatic carbocycles. The van der Waals surface area contributed by atoms with Gasteiger partial charge in [-0.25, -0.2) is 5.43 Å². The molecule has 0 saturated heterocycles. The number of nitrogens with zero attached hydrogens (tertiary/aromatic N) is 4. The van der Waals surface area contributed by atoms with Gasteiger partial charge in [-0.1, -0.05) is 46.3 Å². The number of para-hydroxylation sites is 1. The Hall–Kier alpha value is -3.79. The number of carbonyl (C=O) groups excluding carboxylic acids is 1. The number of nitro groups is 1. The van der Waals surface area contributed by atoms with E-state index in [0.717, 1.165) is 26.5 Å². The number of aromatic amines is 1. The lowest BCUT2D eigenvalue weighted by Gasteiger charge is -2.01. The van der Waals surface area contributed by atoms with Crippen molar-refractivity contribution in [1.82, 2.24) is 20.2 Å². The summed E-state index contributed by atoms with van der Waals surface area (Å²) in [5, 5.41) is 20.3. The first-order valence-corrected chi connectivity index (χ1v) is 9.66. The lowest BCUT2D eigenvalue weighted by molar-refractivity contribution is -0.385. The Morgan fingerprint density at radius 2 is 2.03 bits per heavy atom. The average Bonchev–Trinajstić information content (AvgIpc) is 3.34. The Kier molecular flexibility index (Phi) is 5.40. The summed E-state index contributed by atoms with van der Waals surface area (Å²) in [7, 11) is 0. The molecule has 30 heavy (non-hydrogen) atoms. The number of hydrazone groups is 1. The quantitative estimate of drug-likeness (QED) is 0.254. The number of fused-ring (bicyclic) bond motifs is 1. The van der Waals surface area contributed by atoms with Crippen LogP contribution in [0.1, 0.15) is 21.6 Å². The molecule has 4 rings (SSSR count). The van der Waals surface area contributed by atoms with Gasteiger partial charge in [-0.3, -0.25) is 19.6 Å². The Morgan fingerprint density at radius 1 is 1.27 bits per heavy atom. The topological polar surface area (TPSA) is 118 Å². The summed E-state index contributed by atoms with van der Waals surface area (Å²) >= 11 is 3.36. The van der Waals surface area contributed by atoms with E-state index in [0.29, 0.717) is 6.54 Å². The van der Waals surface area contributed by atoms with Crippen LogP contribution in [-0.4, -0.2) is 31.8 Å². The Morgan fingerprint density at radius 3 is 2.80 bits per heavy atom. The van der Waals surface area contributed by atoms with Crippen LogP contribution in [0.5, 0.6) is 0 Å². The summed E-state index contributed by atoms with van der Waals surface area (Å²) < 4.78 is 2.28. The fraction of sp³-hybridized carbons (Fsp3) is 0.0500. The first-order valence-electron chi connectivity index (χ1n) is 8.87. The minimum Gasteiger partial charge on any atom is -0.361 e. The van der Waals surface area contributed by atoms with Gasteiger partial charge >= 0.3 is 5.69 Å². The molecule has 2 N–H and O–H groups in total. The smallest absolute Gasteiger partial charge is 0.320 e. The minimum atomic E-state index is -0.757. The number of carbonyl (C=O) groups is 1. The largest absolute Gasteiger partial charge is 0.361 e. The highest BCUT2D eigenvalue weighted by molar-refractivity contribution is 9.10. The SMILES string of the molecule is O=C(N/N=C/c1c[nH]c2ccccc12)c1nn(Cc2ccc(Br)cc2)cc1[N+](=O)[O-]. The van der Waals surface area contributed by atoms with Crippen LogP contribution in [0.2, 0.25) is 0 Å². The number of H-pyrrole nitrogens is 1. The van der Waals surface area contributed by atoms with E-state index in [4.69, 9.17) is 0 Å². The number of halogens is 1. The van der Waals surface area contributed by atoms with Crippen molar-refractivity contribution in [3.63, 3.8) is 0 Å². The molecule has 0 bridgehead atoms. The van der Waals surface area contributed by atoms with Crippen LogP contribution >= 0.6 is 15.9 Å². The van der Waals surface area contributed by atoms with Crippen molar-refractivity contribution in [2.45, 2.75) is 6.54 Å². The molecule has 0 aliphatic rings. The molecule has 0 aliphatic carbocycles. The number of rotatable bonds is 6. The number of hydrogen-bond acceptors (Lipinski definition) is 5. The minimum absolute atomic E-state index is 0.292. The van der Waals surface area contributed by atoms with Gasteiger partial charge in [-0.05, 0) is 23.8 Å². The number of benzene rings is 2. The van der Waals surface area contributed by atoms with E-state index in [1.807, 2.05) is 48.5 Å². The summed E-state index contributed by atoms with van der Waals surface area (Å²) in [5.41, 5.74) is 4.24. The maximum absolute atomic E-state index is 12.5. The second kappa shape index (κ2) is 8.29. The van der Waals surface area contributed by atoms with Gasteiger partial charge in [0.1, 0.15) is 6.20 Å². The molecule has 0 spiro atoms. The molecule has 0 fully saturated rings.